The second-order valence-corrected chi connectivity index (χ2v) is 7.44. The first-order chi connectivity index (χ1) is 14.5. The molecule has 160 valence electrons. The largest absolute Gasteiger partial charge is 0.357 e. The van der Waals surface area contributed by atoms with Crippen molar-refractivity contribution >= 4 is 29.3 Å². The molecular weight excluding hydrogens is 410 g/mol. The molecule has 3 amide bonds. The maximum atomic E-state index is 12.3. The maximum absolute atomic E-state index is 12.3. The van der Waals surface area contributed by atoms with Gasteiger partial charge < -0.3 is 20.1 Å². The first kappa shape index (κ1) is 21.8. The first-order valence-corrected chi connectivity index (χ1v) is 10.2. The van der Waals surface area contributed by atoms with E-state index < -0.39 is 6.04 Å². The molecule has 1 atom stereocenters. The Morgan fingerprint density at radius 1 is 1.27 bits per heavy atom. The van der Waals surface area contributed by atoms with E-state index in [4.69, 9.17) is 16.1 Å². The number of hydrogen-bond donors (Lipinski definition) is 2. The molecule has 9 nitrogen and oxygen atoms in total. The summed E-state index contributed by atoms with van der Waals surface area (Å²) in [6.45, 7) is 0.410. The highest BCUT2D eigenvalue weighted by Gasteiger charge is 2.33. The second kappa shape index (κ2) is 10.2. The van der Waals surface area contributed by atoms with Crippen LogP contribution in [0.4, 0.5) is 0 Å². The number of carbonyl (C=O) groups is 3. The Labute approximate surface area is 179 Å². The second-order valence-electron chi connectivity index (χ2n) is 7.01. The number of rotatable bonds is 8. The minimum absolute atomic E-state index is 0.117. The van der Waals surface area contributed by atoms with Crippen molar-refractivity contribution in [2.45, 2.75) is 38.1 Å². The van der Waals surface area contributed by atoms with Gasteiger partial charge >= 0.3 is 0 Å². The molecule has 2 N–H and O–H groups in total. The number of nitrogens with zero attached hydrogens (tertiary/aromatic N) is 3. The van der Waals surface area contributed by atoms with Gasteiger partial charge in [0.05, 0.1) is 6.54 Å². The minimum atomic E-state index is -0.452. The van der Waals surface area contributed by atoms with Crippen LogP contribution in [-0.4, -0.2) is 58.9 Å². The van der Waals surface area contributed by atoms with Crippen molar-refractivity contribution in [3.8, 4) is 11.4 Å². The molecule has 1 aromatic heterocycles. The summed E-state index contributed by atoms with van der Waals surface area (Å²) in [5, 5.41) is 9.75. The topological polar surface area (TPSA) is 117 Å². The van der Waals surface area contributed by atoms with Gasteiger partial charge in [-0.3, -0.25) is 14.4 Å². The van der Waals surface area contributed by atoms with Gasteiger partial charge in [-0.2, -0.15) is 4.98 Å². The summed E-state index contributed by atoms with van der Waals surface area (Å²) in [5.41, 5.74) is 0.794. The third-order valence-electron chi connectivity index (χ3n) is 4.92. The Hall–Kier alpha value is -2.94. The van der Waals surface area contributed by atoms with Gasteiger partial charge in [0.25, 0.3) is 0 Å². The van der Waals surface area contributed by atoms with Crippen molar-refractivity contribution in [2.75, 3.05) is 20.1 Å². The van der Waals surface area contributed by atoms with E-state index in [1.165, 1.54) is 4.90 Å². The number of amides is 3. The fraction of sp³-hybridized carbons (Fsp3) is 0.450. The number of carbonyl (C=O) groups excluding carboxylic acids is 3. The molecule has 10 heteroatoms. The minimum Gasteiger partial charge on any atom is -0.357 e. The summed E-state index contributed by atoms with van der Waals surface area (Å²) < 4.78 is 5.22. The van der Waals surface area contributed by atoms with E-state index in [2.05, 4.69) is 20.8 Å². The van der Waals surface area contributed by atoms with Crippen LogP contribution in [-0.2, 0) is 20.8 Å². The summed E-state index contributed by atoms with van der Waals surface area (Å²) in [6, 6.07) is 6.65. The molecule has 1 unspecified atom stereocenters. The zero-order chi connectivity index (χ0) is 21.5. The van der Waals surface area contributed by atoms with Crippen LogP contribution in [0.15, 0.2) is 28.8 Å². The molecule has 3 rings (SSSR count). The van der Waals surface area contributed by atoms with Crippen molar-refractivity contribution in [3.63, 3.8) is 0 Å². The van der Waals surface area contributed by atoms with Gasteiger partial charge in [-0.1, -0.05) is 16.8 Å². The summed E-state index contributed by atoms with van der Waals surface area (Å²) in [6.07, 6.45) is 2.60. The lowest BCUT2D eigenvalue weighted by Gasteiger charge is -2.23. The summed E-state index contributed by atoms with van der Waals surface area (Å²) in [4.78, 5) is 42.0. The summed E-state index contributed by atoms with van der Waals surface area (Å²) >= 11 is 5.87. The molecule has 1 aliphatic rings. The Kier molecular flexibility index (Phi) is 7.40. The van der Waals surface area contributed by atoms with Gasteiger partial charge in [0, 0.05) is 37.0 Å². The lowest BCUT2D eigenvalue weighted by atomic mass is 10.2. The van der Waals surface area contributed by atoms with Crippen molar-refractivity contribution in [2.24, 2.45) is 0 Å². The standard InChI is InChI=1S/C20H24ClN5O4/c1-22-20(29)15-4-3-11-26(15)18(28)12-23-16(27)5-2-6-17-24-19(25-30-17)13-7-9-14(21)10-8-13/h7-10,15H,2-6,11-12H2,1H3,(H,22,29)(H,23,27). The molecule has 1 aromatic carbocycles. The van der Waals surface area contributed by atoms with E-state index >= 15 is 0 Å². The van der Waals surface area contributed by atoms with Crippen LogP contribution in [0.3, 0.4) is 0 Å². The number of likely N-dealkylation sites (tertiary alicyclic amines) is 1. The molecule has 2 aromatic rings. The predicted molar refractivity (Wildman–Crippen MR) is 109 cm³/mol. The van der Waals surface area contributed by atoms with Gasteiger partial charge in [-0.05, 0) is 43.5 Å². The number of nitrogens with one attached hydrogen (secondary N) is 2. The lowest BCUT2D eigenvalue weighted by Crippen LogP contribution is -2.48. The van der Waals surface area contributed by atoms with E-state index in [-0.39, 0.29) is 30.7 Å². The Balaban J connectivity index is 1.39. The fourth-order valence-electron chi connectivity index (χ4n) is 3.34. The molecule has 0 radical (unpaired) electrons. The average molecular weight is 434 g/mol. The number of likely N-dealkylation sites (N-methyl/N-ethyl adjacent to an activating group) is 1. The van der Waals surface area contributed by atoms with Crippen molar-refractivity contribution in [1.82, 2.24) is 25.7 Å². The van der Waals surface area contributed by atoms with Gasteiger partial charge in [-0.25, -0.2) is 0 Å². The molecular formula is C20H24ClN5O4. The highest BCUT2D eigenvalue weighted by atomic mass is 35.5. The first-order valence-electron chi connectivity index (χ1n) is 9.84. The number of benzene rings is 1. The predicted octanol–water partition coefficient (Wildman–Crippen LogP) is 1.57. The molecule has 2 heterocycles. The van der Waals surface area contributed by atoms with Gasteiger partial charge in [0.2, 0.25) is 29.4 Å². The molecule has 1 saturated heterocycles. The molecule has 30 heavy (non-hydrogen) atoms. The Morgan fingerprint density at radius 2 is 2.03 bits per heavy atom. The van der Waals surface area contributed by atoms with E-state index in [9.17, 15) is 14.4 Å². The van der Waals surface area contributed by atoms with Crippen LogP contribution in [0.2, 0.25) is 5.02 Å². The number of aryl methyl sites for hydroxylation is 1. The van der Waals surface area contributed by atoms with Crippen molar-refractivity contribution in [1.29, 1.82) is 0 Å². The number of halogens is 1. The zero-order valence-corrected chi connectivity index (χ0v) is 17.4. The van der Waals surface area contributed by atoms with Crippen LogP contribution < -0.4 is 10.6 Å². The monoisotopic (exact) mass is 433 g/mol. The summed E-state index contributed by atoms with van der Waals surface area (Å²) in [7, 11) is 1.55. The van der Waals surface area contributed by atoms with Gasteiger partial charge in [-0.15, -0.1) is 0 Å². The Bertz CT molecular complexity index is 899. The zero-order valence-electron chi connectivity index (χ0n) is 16.7. The van der Waals surface area contributed by atoms with Crippen LogP contribution >= 0.6 is 11.6 Å². The van der Waals surface area contributed by atoms with Crippen molar-refractivity contribution < 1.29 is 18.9 Å². The van der Waals surface area contributed by atoms with Crippen LogP contribution in [0, 0.1) is 0 Å². The van der Waals surface area contributed by atoms with Crippen LogP contribution in [0.1, 0.15) is 31.6 Å². The van der Waals surface area contributed by atoms with E-state index in [1.54, 1.807) is 31.3 Å². The maximum Gasteiger partial charge on any atom is 0.242 e. The molecule has 0 aliphatic carbocycles. The molecule has 0 saturated carbocycles. The lowest BCUT2D eigenvalue weighted by molar-refractivity contribution is -0.138. The van der Waals surface area contributed by atoms with Crippen LogP contribution in [0.5, 0.6) is 0 Å². The van der Waals surface area contributed by atoms with Gasteiger partial charge in [0.1, 0.15) is 6.04 Å². The van der Waals surface area contributed by atoms with Crippen molar-refractivity contribution in [3.05, 3.63) is 35.2 Å². The third-order valence-corrected chi connectivity index (χ3v) is 5.18. The Morgan fingerprint density at radius 3 is 2.77 bits per heavy atom. The highest BCUT2D eigenvalue weighted by Crippen LogP contribution is 2.19. The average Bonchev–Trinajstić information content (AvgIpc) is 3.42. The normalized spacial score (nSPS) is 15.8. The molecule has 0 bridgehead atoms. The summed E-state index contributed by atoms with van der Waals surface area (Å²) in [5.74, 6) is 0.238. The van der Waals surface area contributed by atoms with Crippen LogP contribution in [0.25, 0.3) is 11.4 Å². The third kappa shape index (κ3) is 5.56. The quantitative estimate of drug-likeness (QED) is 0.652. The van der Waals surface area contributed by atoms with E-state index in [1.807, 2.05) is 0 Å². The number of aromatic nitrogens is 2. The smallest absolute Gasteiger partial charge is 0.242 e. The SMILES string of the molecule is CNC(=O)C1CCCN1C(=O)CNC(=O)CCCc1nc(-c2ccc(Cl)cc2)no1. The molecule has 0 spiro atoms. The van der Waals surface area contributed by atoms with Gasteiger partial charge in [0.15, 0.2) is 0 Å². The number of hydrogen-bond acceptors (Lipinski definition) is 6. The molecule has 1 fully saturated rings. The fourth-order valence-corrected chi connectivity index (χ4v) is 3.47. The highest BCUT2D eigenvalue weighted by molar-refractivity contribution is 6.30. The molecule has 1 aliphatic heterocycles. The van der Waals surface area contributed by atoms with E-state index in [0.717, 1.165) is 12.0 Å². The van der Waals surface area contributed by atoms with E-state index in [0.29, 0.717) is 42.5 Å².